The molecule has 0 bridgehead atoms. The third-order valence-electron chi connectivity index (χ3n) is 4.13. The number of halogens is 2. The summed E-state index contributed by atoms with van der Waals surface area (Å²) >= 11 is 0. The molecule has 0 amide bonds. The van der Waals surface area contributed by atoms with Crippen molar-refractivity contribution in [2.75, 3.05) is 6.54 Å². The summed E-state index contributed by atoms with van der Waals surface area (Å²) in [5, 5.41) is 7.85. The lowest BCUT2D eigenvalue weighted by Gasteiger charge is -2.16. The van der Waals surface area contributed by atoms with Crippen LogP contribution in [0.3, 0.4) is 0 Å². The maximum atomic E-state index is 14.2. The molecule has 2 heterocycles. The molecular weight excluding hydrogens is 296 g/mol. The molecule has 0 radical (unpaired) electrons. The van der Waals surface area contributed by atoms with Gasteiger partial charge < -0.3 is 5.32 Å². The van der Waals surface area contributed by atoms with Gasteiger partial charge in [0.05, 0.1) is 11.4 Å². The fourth-order valence-electron chi connectivity index (χ4n) is 3.05. The van der Waals surface area contributed by atoms with Gasteiger partial charge in [0, 0.05) is 30.6 Å². The largest absolute Gasteiger partial charge is 0.312 e. The van der Waals surface area contributed by atoms with E-state index >= 15 is 0 Å². The van der Waals surface area contributed by atoms with Crippen molar-refractivity contribution in [1.29, 1.82) is 0 Å². The Balaban J connectivity index is 1.97. The highest BCUT2D eigenvalue weighted by Gasteiger charge is 2.25. The van der Waals surface area contributed by atoms with Gasteiger partial charge in [-0.1, -0.05) is 36.4 Å². The van der Waals surface area contributed by atoms with Crippen molar-refractivity contribution in [1.82, 2.24) is 15.1 Å². The lowest BCUT2D eigenvalue weighted by atomic mass is 10.0. The van der Waals surface area contributed by atoms with Gasteiger partial charge in [-0.2, -0.15) is 5.10 Å². The van der Waals surface area contributed by atoms with E-state index in [-0.39, 0.29) is 5.69 Å². The van der Waals surface area contributed by atoms with Crippen LogP contribution in [0.25, 0.3) is 16.9 Å². The van der Waals surface area contributed by atoms with Gasteiger partial charge >= 0.3 is 0 Å². The van der Waals surface area contributed by atoms with Crippen LogP contribution in [0.5, 0.6) is 0 Å². The molecule has 0 atom stereocenters. The molecule has 0 unspecified atom stereocenters. The van der Waals surface area contributed by atoms with E-state index < -0.39 is 11.6 Å². The summed E-state index contributed by atoms with van der Waals surface area (Å²) < 4.78 is 29.8. The van der Waals surface area contributed by atoms with Crippen LogP contribution in [0.15, 0.2) is 48.5 Å². The number of fused-ring (bicyclic) bond motifs is 1. The van der Waals surface area contributed by atoms with Crippen molar-refractivity contribution in [2.24, 2.45) is 0 Å². The number of nitrogens with one attached hydrogen (secondary N) is 1. The smallest absolute Gasteiger partial charge is 0.151 e. The van der Waals surface area contributed by atoms with Gasteiger partial charge in [0.25, 0.3) is 0 Å². The van der Waals surface area contributed by atoms with Crippen LogP contribution in [0.2, 0.25) is 0 Å². The molecular formula is C18H15F2N3. The van der Waals surface area contributed by atoms with Crippen LogP contribution < -0.4 is 5.32 Å². The van der Waals surface area contributed by atoms with Crippen molar-refractivity contribution >= 4 is 0 Å². The first-order valence-corrected chi connectivity index (χ1v) is 7.57. The minimum atomic E-state index is -0.603. The van der Waals surface area contributed by atoms with Crippen molar-refractivity contribution in [3.63, 3.8) is 0 Å². The van der Waals surface area contributed by atoms with Crippen molar-refractivity contribution < 1.29 is 8.78 Å². The highest BCUT2D eigenvalue weighted by molar-refractivity contribution is 5.65. The third-order valence-corrected chi connectivity index (χ3v) is 4.13. The number of hydrogen-bond acceptors (Lipinski definition) is 2. The van der Waals surface area contributed by atoms with Crippen molar-refractivity contribution in [3.05, 3.63) is 71.4 Å². The first-order valence-electron chi connectivity index (χ1n) is 7.57. The fraction of sp³-hybridized carbons (Fsp3) is 0.167. The van der Waals surface area contributed by atoms with Crippen LogP contribution in [0, 0.1) is 11.6 Å². The van der Waals surface area contributed by atoms with Crippen LogP contribution in [0.4, 0.5) is 8.78 Å². The second-order valence-electron chi connectivity index (χ2n) is 5.55. The molecule has 0 saturated carbocycles. The number of aromatic nitrogens is 2. The number of benzene rings is 2. The lowest BCUT2D eigenvalue weighted by molar-refractivity contribution is 0.548. The van der Waals surface area contributed by atoms with E-state index in [1.54, 1.807) is 0 Å². The second-order valence-corrected chi connectivity index (χ2v) is 5.55. The van der Waals surface area contributed by atoms with Gasteiger partial charge in [-0.05, 0) is 12.1 Å². The summed E-state index contributed by atoms with van der Waals surface area (Å²) in [4.78, 5) is 0. The van der Waals surface area contributed by atoms with Crippen molar-refractivity contribution in [3.8, 4) is 16.9 Å². The highest BCUT2D eigenvalue weighted by atomic mass is 19.1. The Morgan fingerprint density at radius 3 is 2.43 bits per heavy atom. The molecule has 1 aromatic heterocycles. The van der Waals surface area contributed by atoms with E-state index in [4.69, 9.17) is 0 Å². The van der Waals surface area contributed by atoms with E-state index in [0.29, 0.717) is 13.0 Å². The summed E-state index contributed by atoms with van der Waals surface area (Å²) in [6.07, 6.45) is 0.683. The highest BCUT2D eigenvalue weighted by Crippen LogP contribution is 2.30. The van der Waals surface area contributed by atoms with Gasteiger partial charge in [-0.3, -0.25) is 0 Å². The average Bonchev–Trinajstić information content (AvgIpc) is 2.95. The van der Waals surface area contributed by atoms with E-state index in [2.05, 4.69) is 10.4 Å². The zero-order valence-electron chi connectivity index (χ0n) is 12.4. The van der Waals surface area contributed by atoms with Crippen LogP contribution in [-0.4, -0.2) is 16.3 Å². The SMILES string of the molecule is Fc1cccc(F)c1-n1nc(-c2ccccc2)c2c1CCNC2. The van der Waals surface area contributed by atoms with E-state index in [0.717, 1.165) is 29.1 Å². The Morgan fingerprint density at radius 1 is 0.957 bits per heavy atom. The zero-order chi connectivity index (χ0) is 15.8. The Kier molecular flexibility index (Phi) is 3.42. The summed E-state index contributed by atoms with van der Waals surface area (Å²) in [5.74, 6) is -1.21. The molecule has 1 aliphatic heterocycles. The van der Waals surface area contributed by atoms with E-state index in [1.165, 1.54) is 22.9 Å². The van der Waals surface area contributed by atoms with Gasteiger partial charge in [-0.15, -0.1) is 0 Å². The quantitative estimate of drug-likeness (QED) is 0.785. The first-order chi connectivity index (χ1) is 11.3. The van der Waals surface area contributed by atoms with Crippen molar-refractivity contribution in [2.45, 2.75) is 13.0 Å². The molecule has 2 aromatic carbocycles. The van der Waals surface area contributed by atoms with Gasteiger partial charge in [-0.25, -0.2) is 13.5 Å². The van der Waals surface area contributed by atoms with Crippen LogP contribution >= 0.6 is 0 Å². The normalized spacial score (nSPS) is 13.8. The monoisotopic (exact) mass is 311 g/mol. The number of rotatable bonds is 2. The summed E-state index contributed by atoms with van der Waals surface area (Å²) in [5.41, 5.74) is 3.49. The molecule has 0 spiro atoms. The number of nitrogens with zero attached hydrogens (tertiary/aromatic N) is 2. The standard InChI is InChI=1S/C18H15F2N3/c19-14-7-4-8-15(20)18(14)23-16-9-10-21-11-13(16)17(22-23)12-5-2-1-3-6-12/h1-8,21H,9-11H2. The molecule has 23 heavy (non-hydrogen) atoms. The minimum Gasteiger partial charge on any atom is -0.312 e. The Labute approximate surface area is 132 Å². The maximum Gasteiger partial charge on any atom is 0.151 e. The number of para-hydroxylation sites is 1. The van der Waals surface area contributed by atoms with Gasteiger partial charge in [0.15, 0.2) is 11.6 Å². The Bertz CT molecular complexity index is 836. The van der Waals surface area contributed by atoms with Gasteiger partial charge in [0.2, 0.25) is 0 Å². The zero-order valence-corrected chi connectivity index (χ0v) is 12.4. The molecule has 3 nitrogen and oxygen atoms in total. The summed E-state index contributed by atoms with van der Waals surface area (Å²) in [6, 6.07) is 13.6. The third kappa shape index (κ3) is 2.33. The van der Waals surface area contributed by atoms with E-state index in [1.807, 2.05) is 30.3 Å². The Morgan fingerprint density at radius 2 is 1.70 bits per heavy atom. The van der Waals surface area contributed by atoms with Crippen LogP contribution in [-0.2, 0) is 13.0 Å². The second kappa shape index (κ2) is 5.59. The lowest BCUT2D eigenvalue weighted by Crippen LogP contribution is -2.25. The molecule has 0 aliphatic carbocycles. The molecule has 116 valence electrons. The number of hydrogen-bond donors (Lipinski definition) is 1. The van der Waals surface area contributed by atoms with Crippen LogP contribution in [0.1, 0.15) is 11.3 Å². The molecule has 0 fully saturated rings. The topological polar surface area (TPSA) is 29.9 Å². The molecule has 1 aliphatic rings. The molecule has 0 saturated heterocycles. The van der Waals surface area contributed by atoms with E-state index in [9.17, 15) is 8.78 Å². The molecule has 3 aromatic rings. The molecule has 4 rings (SSSR count). The molecule has 5 heteroatoms. The van der Waals surface area contributed by atoms with Gasteiger partial charge in [0.1, 0.15) is 5.69 Å². The molecule has 1 N–H and O–H groups in total. The predicted molar refractivity (Wildman–Crippen MR) is 84.3 cm³/mol. The average molecular weight is 311 g/mol. The first kappa shape index (κ1) is 14.1. The summed E-state index contributed by atoms with van der Waals surface area (Å²) in [7, 11) is 0. The summed E-state index contributed by atoms with van der Waals surface area (Å²) in [6.45, 7) is 1.42. The fourth-order valence-corrected chi connectivity index (χ4v) is 3.05. The Hall–Kier alpha value is -2.53. The minimum absolute atomic E-state index is 0.104. The predicted octanol–water partition coefficient (Wildman–Crippen LogP) is 3.46. The maximum absolute atomic E-state index is 14.2.